The Hall–Kier alpha value is -1.55. The third-order valence-corrected chi connectivity index (χ3v) is 2.84. The first-order chi connectivity index (χ1) is 7.99. The molecule has 0 heterocycles. The summed E-state index contributed by atoms with van der Waals surface area (Å²) >= 11 is 0. The molecule has 0 saturated heterocycles. The van der Waals surface area contributed by atoms with Gasteiger partial charge in [-0.05, 0) is 49.9 Å². The highest BCUT2D eigenvalue weighted by Crippen LogP contribution is 2.24. The molecule has 94 valence electrons. The molecular formula is C13H20N2O2. The molecule has 0 spiro atoms. The lowest BCUT2D eigenvalue weighted by molar-refractivity contribution is -0.128. The lowest BCUT2D eigenvalue weighted by Crippen LogP contribution is -2.41. The molecule has 4 heteroatoms. The van der Waals surface area contributed by atoms with Crippen molar-refractivity contribution in [1.82, 2.24) is 5.43 Å². The van der Waals surface area contributed by atoms with Gasteiger partial charge in [0.2, 0.25) is 0 Å². The molecule has 17 heavy (non-hydrogen) atoms. The smallest absolute Gasteiger partial charge is 0.274 e. The van der Waals surface area contributed by atoms with Crippen LogP contribution in [0.1, 0.15) is 30.0 Å². The molecule has 0 aliphatic rings. The van der Waals surface area contributed by atoms with Crippen molar-refractivity contribution in [1.29, 1.82) is 0 Å². The van der Waals surface area contributed by atoms with Crippen LogP contribution in [0, 0.1) is 20.8 Å². The van der Waals surface area contributed by atoms with Gasteiger partial charge in [-0.1, -0.05) is 13.0 Å². The van der Waals surface area contributed by atoms with Crippen molar-refractivity contribution >= 4 is 5.91 Å². The van der Waals surface area contributed by atoms with Crippen LogP contribution in [0.4, 0.5) is 0 Å². The van der Waals surface area contributed by atoms with Crippen LogP contribution in [0.5, 0.6) is 5.75 Å². The third kappa shape index (κ3) is 3.20. The number of nitrogens with two attached hydrogens (primary N) is 1. The Morgan fingerprint density at radius 2 is 2.06 bits per heavy atom. The first kappa shape index (κ1) is 13.5. The van der Waals surface area contributed by atoms with Crippen LogP contribution < -0.4 is 16.0 Å². The molecule has 0 bridgehead atoms. The van der Waals surface area contributed by atoms with Crippen LogP contribution in [0.25, 0.3) is 0 Å². The fraction of sp³-hybridized carbons (Fsp3) is 0.462. The van der Waals surface area contributed by atoms with Gasteiger partial charge in [0, 0.05) is 0 Å². The zero-order valence-corrected chi connectivity index (χ0v) is 10.8. The molecular weight excluding hydrogens is 216 g/mol. The Morgan fingerprint density at radius 3 is 2.59 bits per heavy atom. The first-order valence-corrected chi connectivity index (χ1v) is 5.74. The molecule has 1 amide bonds. The summed E-state index contributed by atoms with van der Waals surface area (Å²) in [5, 5.41) is 0. The molecule has 0 aliphatic carbocycles. The second kappa shape index (κ2) is 5.68. The van der Waals surface area contributed by atoms with Crippen LogP contribution >= 0.6 is 0 Å². The minimum atomic E-state index is -0.542. The highest BCUT2D eigenvalue weighted by Gasteiger charge is 2.18. The molecule has 0 fully saturated rings. The summed E-state index contributed by atoms with van der Waals surface area (Å²) in [5.74, 6) is 5.57. The van der Waals surface area contributed by atoms with E-state index in [0.717, 1.165) is 22.4 Å². The number of carbonyl (C=O) groups is 1. The van der Waals surface area contributed by atoms with E-state index >= 15 is 0 Å². The van der Waals surface area contributed by atoms with Gasteiger partial charge in [-0.25, -0.2) is 5.84 Å². The summed E-state index contributed by atoms with van der Waals surface area (Å²) in [5.41, 5.74) is 5.45. The lowest BCUT2D eigenvalue weighted by atomic mass is 10.1. The third-order valence-electron chi connectivity index (χ3n) is 2.84. The van der Waals surface area contributed by atoms with E-state index in [2.05, 4.69) is 11.5 Å². The van der Waals surface area contributed by atoms with Gasteiger partial charge in [-0.3, -0.25) is 10.2 Å². The second-order valence-corrected chi connectivity index (χ2v) is 4.23. The maximum absolute atomic E-state index is 11.5. The van der Waals surface area contributed by atoms with Gasteiger partial charge in [-0.2, -0.15) is 0 Å². The van der Waals surface area contributed by atoms with Gasteiger partial charge < -0.3 is 4.74 Å². The minimum Gasteiger partial charge on any atom is -0.480 e. The Bertz CT molecular complexity index is 416. The summed E-state index contributed by atoms with van der Waals surface area (Å²) in [4.78, 5) is 11.5. The number of hydrazine groups is 1. The Labute approximate surface area is 102 Å². The molecule has 4 nitrogen and oxygen atoms in total. The van der Waals surface area contributed by atoms with Crippen molar-refractivity contribution in [2.45, 2.75) is 40.2 Å². The van der Waals surface area contributed by atoms with Gasteiger partial charge in [0.1, 0.15) is 5.75 Å². The average molecular weight is 236 g/mol. The number of hydrogen-bond donors (Lipinski definition) is 2. The summed E-state index contributed by atoms with van der Waals surface area (Å²) in [7, 11) is 0. The molecule has 0 aliphatic heterocycles. The van der Waals surface area contributed by atoms with Crippen molar-refractivity contribution in [3.63, 3.8) is 0 Å². The molecule has 0 saturated carbocycles. The highest BCUT2D eigenvalue weighted by atomic mass is 16.5. The van der Waals surface area contributed by atoms with Crippen LogP contribution in [0.2, 0.25) is 0 Å². The molecule has 1 aromatic rings. The number of hydrogen-bond acceptors (Lipinski definition) is 3. The van der Waals surface area contributed by atoms with Crippen LogP contribution in [0.15, 0.2) is 12.1 Å². The number of benzene rings is 1. The van der Waals surface area contributed by atoms with Gasteiger partial charge in [0.25, 0.3) is 5.91 Å². The summed E-state index contributed by atoms with van der Waals surface area (Å²) < 4.78 is 5.72. The Morgan fingerprint density at radius 1 is 1.41 bits per heavy atom. The van der Waals surface area contributed by atoms with Gasteiger partial charge in [0.05, 0.1) is 0 Å². The van der Waals surface area contributed by atoms with Gasteiger partial charge >= 0.3 is 0 Å². The second-order valence-electron chi connectivity index (χ2n) is 4.23. The van der Waals surface area contributed by atoms with Crippen LogP contribution in [0.3, 0.4) is 0 Å². The molecule has 1 atom stereocenters. The topological polar surface area (TPSA) is 64.3 Å². The van der Waals surface area contributed by atoms with Crippen molar-refractivity contribution in [3.8, 4) is 5.75 Å². The number of aryl methyl sites for hydroxylation is 2. The molecule has 3 N–H and O–H groups in total. The van der Waals surface area contributed by atoms with E-state index in [1.165, 1.54) is 0 Å². The summed E-state index contributed by atoms with van der Waals surface area (Å²) in [6.45, 7) is 7.90. The quantitative estimate of drug-likeness (QED) is 0.475. The SMILES string of the molecule is CCC(Oc1cc(C)cc(C)c1C)C(=O)NN. The number of carbonyl (C=O) groups excluding carboxylic acids is 1. The molecule has 0 radical (unpaired) electrons. The molecule has 1 unspecified atom stereocenters. The summed E-state index contributed by atoms with van der Waals surface area (Å²) in [6, 6.07) is 4.03. The fourth-order valence-electron chi connectivity index (χ4n) is 1.69. The number of amides is 1. The average Bonchev–Trinajstić information content (AvgIpc) is 2.30. The van der Waals surface area contributed by atoms with E-state index in [1.54, 1.807) is 0 Å². The standard InChI is InChI=1S/C13H20N2O2/c1-5-11(13(16)15-14)17-12-7-8(2)6-9(3)10(12)4/h6-7,11H,5,14H2,1-4H3,(H,15,16). The van der Waals surface area contributed by atoms with E-state index < -0.39 is 6.10 Å². The molecule has 0 aromatic heterocycles. The number of rotatable bonds is 4. The van der Waals surface area contributed by atoms with E-state index in [1.807, 2.05) is 33.8 Å². The van der Waals surface area contributed by atoms with E-state index in [9.17, 15) is 4.79 Å². The predicted molar refractivity (Wildman–Crippen MR) is 67.7 cm³/mol. The molecule has 1 rings (SSSR count). The van der Waals surface area contributed by atoms with Crippen LogP contribution in [-0.2, 0) is 4.79 Å². The first-order valence-electron chi connectivity index (χ1n) is 5.74. The maximum atomic E-state index is 11.5. The van der Waals surface area contributed by atoms with E-state index in [-0.39, 0.29) is 5.91 Å². The maximum Gasteiger partial charge on any atom is 0.274 e. The fourth-order valence-corrected chi connectivity index (χ4v) is 1.69. The zero-order chi connectivity index (χ0) is 13.0. The van der Waals surface area contributed by atoms with Crippen molar-refractivity contribution < 1.29 is 9.53 Å². The van der Waals surface area contributed by atoms with E-state index in [0.29, 0.717) is 6.42 Å². The van der Waals surface area contributed by atoms with Crippen molar-refractivity contribution in [2.24, 2.45) is 5.84 Å². The largest absolute Gasteiger partial charge is 0.480 e. The Kier molecular flexibility index (Phi) is 4.52. The Balaban J connectivity index is 2.97. The van der Waals surface area contributed by atoms with Crippen LogP contribution in [-0.4, -0.2) is 12.0 Å². The zero-order valence-electron chi connectivity index (χ0n) is 10.8. The van der Waals surface area contributed by atoms with Gasteiger partial charge in [-0.15, -0.1) is 0 Å². The monoisotopic (exact) mass is 236 g/mol. The predicted octanol–water partition coefficient (Wildman–Crippen LogP) is 1.76. The molecule has 1 aromatic carbocycles. The lowest BCUT2D eigenvalue weighted by Gasteiger charge is -2.18. The highest BCUT2D eigenvalue weighted by molar-refractivity contribution is 5.80. The number of ether oxygens (including phenoxy) is 1. The normalized spacial score (nSPS) is 12.1. The van der Waals surface area contributed by atoms with E-state index in [4.69, 9.17) is 10.6 Å². The minimum absolute atomic E-state index is 0.300. The van der Waals surface area contributed by atoms with Crippen molar-refractivity contribution in [3.05, 3.63) is 28.8 Å². The van der Waals surface area contributed by atoms with Gasteiger partial charge in [0.15, 0.2) is 6.10 Å². The van der Waals surface area contributed by atoms with Crippen molar-refractivity contribution in [2.75, 3.05) is 0 Å². The summed E-state index contributed by atoms with van der Waals surface area (Å²) in [6.07, 6.45) is 0.0371. The number of nitrogens with one attached hydrogen (secondary N) is 1.